The molecule has 1 unspecified atom stereocenters. The summed E-state index contributed by atoms with van der Waals surface area (Å²) in [6.45, 7) is 5.07. The van der Waals surface area contributed by atoms with Crippen LogP contribution in [0.2, 0.25) is 0 Å². The van der Waals surface area contributed by atoms with Gasteiger partial charge in [-0.3, -0.25) is 14.7 Å². The van der Waals surface area contributed by atoms with Crippen molar-refractivity contribution in [3.05, 3.63) is 29.6 Å². The van der Waals surface area contributed by atoms with Gasteiger partial charge < -0.3 is 10.8 Å². The third-order valence-corrected chi connectivity index (χ3v) is 3.97. The minimum Gasteiger partial charge on any atom is -0.383 e. The molecule has 2 rings (SSSR count). The van der Waals surface area contributed by atoms with Crippen LogP contribution in [0.25, 0.3) is 0 Å². The number of carbonyl (C=O) groups is 1. The highest BCUT2D eigenvalue weighted by Crippen LogP contribution is 2.32. The van der Waals surface area contributed by atoms with Gasteiger partial charge in [0.1, 0.15) is 5.60 Å². The maximum atomic E-state index is 11.2. The predicted molar refractivity (Wildman–Crippen MR) is 72.3 cm³/mol. The topological polar surface area (TPSA) is 79.5 Å². The van der Waals surface area contributed by atoms with E-state index in [4.69, 9.17) is 5.73 Å². The Morgan fingerprint density at radius 2 is 2.11 bits per heavy atom. The van der Waals surface area contributed by atoms with E-state index < -0.39 is 5.60 Å². The molecule has 1 fully saturated rings. The van der Waals surface area contributed by atoms with Crippen LogP contribution in [0, 0.1) is 6.92 Å². The van der Waals surface area contributed by atoms with Gasteiger partial charge >= 0.3 is 0 Å². The first-order valence-electron chi connectivity index (χ1n) is 6.61. The number of pyridine rings is 1. The van der Waals surface area contributed by atoms with E-state index in [9.17, 15) is 9.90 Å². The zero-order chi connectivity index (χ0) is 14.0. The Hall–Kier alpha value is -1.46. The molecule has 1 aromatic heterocycles. The summed E-state index contributed by atoms with van der Waals surface area (Å²) in [6.07, 6.45) is 2.91. The van der Waals surface area contributed by atoms with Gasteiger partial charge in [0.15, 0.2) is 0 Å². The minimum atomic E-state index is -0.887. The standard InChI is InChI=1S/C14H21N3O2/c1-10-3-4-12(16-9-10)14(19)5-7-17(8-6-14)11(2)13(15)18/h3-4,9,11,19H,5-8H2,1-2H3,(H2,15,18). The number of likely N-dealkylation sites (tertiary alicyclic amines) is 1. The van der Waals surface area contributed by atoms with Crippen LogP contribution in [0.15, 0.2) is 18.3 Å². The number of primary amides is 1. The highest BCUT2D eigenvalue weighted by atomic mass is 16.3. The summed E-state index contributed by atoms with van der Waals surface area (Å²) in [6, 6.07) is 3.55. The lowest BCUT2D eigenvalue weighted by atomic mass is 9.87. The molecule has 1 aliphatic heterocycles. The third kappa shape index (κ3) is 2.93. The number of aliphatic hydroxyl groups is 1. The molecule has 1 aromatic rings. The summed E-state index contributed by atoms with van der Waals surface area (Å²) in [4.78, 5) is 17.5. The van der Waals surface area contributed by atoms with Crippen molar-refractivity contribution in [1.82, 2.24) is 9.88 Å². The van der Waals surface area contributed by atoms with Crippen LogP contribution in [0.5, 0.6) is 0 Å². The van der Waals surface area contributed by atoms with Crippen LogP contribution in [-0.2, 0) is 10.4 Å². The number of rotatable bonds is 3. The number of piperidine rings is 1. The Balaban J connectivity index is 2.05. The highest BCUT2D eigenvalue weighted by molar-refractivity contribution is 5.79. The summed E-state index contributed by atoms with van der Waals surface area (Å²) in [5.74, 6) is -0.320. The van der Waals surface area contributed by atoms with Crippen LogP contribution in [0.1, 0.15) is 31.0 Å². The first kappa shape index (κ1) is 14.0. The second-order valence-corrected chi connectivity index (χ2v) is 5.37. The molecule has 3 N–H and O–H groups in total. The van der Waals surface area contributed by atoms with E-state index in [1.54, 1.807) is 13.1 Å². The van der Waals surface area contributed by atoms with Crippen LogP contribution in [0.3, 0.4) is 0 Å². The number of aromatic nitrogens is 1. The van der Waals surface area contributed by atoms with Gasteiger partial charge in [-0.05, 0) is 38.3 Å². The van der Waals surface area contributed by atoms with Crippen molar-refractivity contribution in [1.29, 1.82) is 0 Å². The second kappa shape index (κ2) is 5.27. The summed E-state index contributed by atoms with van der Waals surface area (Å²) in [5.41, 5.74) is 6.21. The van der Waals surface area contributed by atoms with Crippen molar-refractivity contribution < 1.29 is 9.90 Å². The quantitative estimate of drug-likeness (QED) is 0.834. The number of aryl methyl sites for hydroxylation is 1. The van der Waals surface area contributed by atoms with Gasteiger partial charge in [-0.25, -0.2) is 0 Å². The minimum absolute atomic E-state index is 0.282. The molecule has 2 heterocycles. The zero-order valence-electron chi connectivity index (χ0n) is 11.5. The molecule has 5 nitrogen and oxygen atoms in total. The molecule has 19 heavy (non-hydrogen) atoms. The van der Waals surface area contributed by atoms with Crippen molar-refractivity contribution in [2.45, 2.75) is 38.3 Å². The fourth-order valence-corrected chi connectivity index (χ4v) is 2.46. The van der Waals surface area contributed by atoms with Gasteiger partial charge in [0.2, 0.25) is 5.91 Å². The Bertz CT molecular complexity index is 450. The number of amides is 1. The molecular weight excluding hydrogens is 242 g/mol. The van der Waals surface area contributed by atoms with E-state index in [1.807, 2.05) is 24.0 Å². The molecule has 0 bridgehead atoms. The van der Waals surface area contributed by atoms with Gasteiger partial charge in [-0.1, -0.05) is 6.07 Å². The second-order valence-electron chi connectivity index (χ2n) is 5.37. The van der Waals surface area contributed by atoms with Crippen LogP contribution in [0.4, 0.5) is 0 Å². The van der Waals surface area contributed by atoms with Crippen molar-refractivity contribution in [3.8, 4) is 0 Å². The van der Waals surface area contributed by atoms with Gasteiger partial charge in [0.25, 0.3) is 0 Å². The molecule has 0 aromatic carbocycles. The van der Waals surface area contributed by atoms with E-state index in [0.29, 0.717) is 31.6 Å². The van der Waals surface area contributed by atoms with Crippen LogP contribution >= 0.6 is 0 Å². The lowest BCUT2D eigenvalue weighted by Gasteiger charge is -2.39. The van der Waals surface area contributed by atoms with Gasteiger partial charge in [0, 0.05) is 19.3 Å². The lowest BCUT2D eigenvalue weighted by molar-refractivity contribution is -0.124. The predicted octanol–water partition coefficient (Wildman–Crippen LogP) is 0.547. The molecule has 1 aliphatic rings. The van der Waals surface area contributed by atoms with Crippen LogP contribution in [-0.4, -0.2) is 40.0 Å². The van der Waals surface area contributed by atoms with E-state index >= 15 is 0 Å². The van der Waals surface area contributed by atoms with Crippen molar-refractivity contribution in [2.24, 2.45) is 5.73 Å². The van der Waals surface area contributed by atoms with Crippen molar-refractivity contribution in [2.75, 3.05) is 13.1 Å². The van der Waals surface area contributed by atoms with Crippen molar-refractivity contribution in [3.63, 3.8) is 0 Å². The average Bonchev–Trinajstić information content (AvgIpc) is 2.39. The van der Waals surface area contributed by atoms with Crippen molar-refractivity contribution >= 4 is 5.91 Å². The summed E-state index contributed by atoms with van der Waals surface area (Å²) in [7, 11) is 0. The highest BCUT2D eigenvalue weighted by Gasteiger charge is 2.37. The SMILES string of the molecule is Cc1ccc(C2(O)CCN(C(C)C(N)=O)CC2)nc1. The molecule has 1 atom stereocenters. The average molecular weight is 263 g/mol. The molecule has 0 spiro atoms. The Morgan fingerprint density at radius 1 is 1.47 bits per heavy atom. The van der Waals surface area contributed by atoms with Gasteiger partial charge in [-0.15, -0.1) is 0 Å². The maximum Gasteiger partial charge on any atom is 0.234 e. The fraction of sp³-hybridized carbons (Fsp3) is 0.571. The van der Waals surface area contributed by atoms with E-state index in [-0.39, 0.29) is 11.9 Å². The molecule has 0 saturated carbocycles. The fourth-order valence-electron chi connectivity index (χ4n) is 2.46. The largest absolute Gasteiger partial charge is 0.383 e. The normalized spacial score (nSPS) is 21.0. The number of hydrogen-bond donors (Lipinski definition) is 2. The molecule has 5 heteroatoms. The maximum absolute atomic E-state index is 11.2. The molecule has 104 valence electrons. The Kier molecular flexibility index (Phi) is 3.87. The Labute approximate surface area is 113 Å². The van der Waals surface area contributed by atoms with Gasteiger partial charge in [0.05, 0.1) is 11.7 Å². The summed E-state index contributed by atoms with van der Waals surface area (Å²) >= 11 is 0. The zero-order valence-corrected chi connectivity index (χ0v) is 11.5. The third-order valence-electron chi connectivity index (χ3n) is 3.97. The first-order chi connectivity index (χ1) is 8.92. The molecule has 0 aliphatic carbocycles. The summed E-state index contributed by atoms with van der Waals surface area (Å²) in [5, 5.41) is 10.7. The first-order valence-corrected chi connectivity index (χ1v) is 6.61. The number of nitrogens with two attached hydrogens (primary N) is 1. The molecule has 0 radical (unpaired) electrons. The number of hydrogen-bond acceptors (Lipinski definition) is 4. The molecule has 1 saturated heterocycles. The molecule has 1 amide bonds. The summed E-state index contributed by atoms with van der Waals surface area (Å²) < 4.78 is 0. The number of nitrogens with zero attached hydrogens (tertiary/aromatic N) is 2. The van der Waals surface area contributed by atoms with E-state index in [2.05, 4.69) is 4.98 Å². The van der Waals surface area contributed by atoms with E-state index in [1.165, 1.54) is 0 Å². The van der Waals surface area contributed by atoms with Crippen LogP contribution < -0.4 is 5.73 Å². The van der Waals surface area contributed by atoms with Gasteiger partial charge in [-0.2, -0.15) is 0 Å². The smallest absolute Gasteiger partial charge is 0.234 e. The monoisotopic (exact) mass is 263 g/mol. The Morgan fingerprint density at radius 3 is 2.58 bits per heavy atom. The van der Waals surface area contributed by atoms with E-state index in [0.717, 1.165) is 5.56 Å². The molecular formula is C14H21N3O2. The number of carbonyl (C=O) groups excluding carboxylic acids is 1. The lowest BCUT2D eigenvalue weighted by Crippen LogP contribution is -2.50.